The Balaban J connectivity index is 2.48. The molecule has 0 aliphatic rings. The second-order valence-corrected chi connectivity index (χ2v) is 4.91. The monoisotopic (exact) mass is 283 g/mol. The molecule has 1 aromatic carbocycles. The van der Waals surface area contributed by atoms with Crippen LogP contribution < -0.4 is 0 Å². The number of rotatable bonds is 6. The Morgan fingerprint density at radius 3 is 2.69 bits per heavy atom. The van der Waals surface area contributed by atoms with Gasteiger partial charge in [0.2, 0.25) is 0 Å². The highest BCUT2D eigenvalue weighted by atomic mass is 79.9. The van der Waals surface area contributed by atoms with Crippen molar-refractivity contribution in [3.63, 3.8) is 0 Å². The highest BCUT2D eigenvalue weighted by molar-refractivity contribution is 9.10. The number of hydrogen-bond donors (Lipinski definition) is 0. The average molecular weight is 284 g/mol. The molecule has 0 fully saturated rings. The quantitative estimate of drug-likeness (QED) is 0.799. The minimum Gasteiger partial charge on any atom is -0.298 e. The van der Waals surface area contributed by atoms with Crippen molar-refractivity contribution in [2.75, 3.05) is 13.6 Å². The minimum atomic E-state index is 0.317. The van der Waals surface area contributed by atoms with E-state index in [9.17, 15) is 4.79 Å². The van der Waals surface area contributed by atoms with Crippen LogP contribution in [0.3, 0.4) is 0 Å². The van der Waals surface area contributed by atoms with E-state index in [0.717, 1.165) is 17.4 Å². The van der Waals surface area contributed by atoms with Crippen LogP contribution in [0.1, 0.15) is 25.3 Å². The summed E-state index contributed by atoms with van der Waals surface area (Å²) in [5, 5.41) is 0. The van der Waals surface area contributed by atoms with Crippen molar-refractivity contribution in [2.45, 2.75) is 26.3 Å². The zero-order valence-corrected chi connectivity index (χ0v) is 11.5. The lowest BCUT2D eigenvalue weighted by atomic mass is 10.2. The van der Waals surface area contributed by atoms with Gasteiger partial charge in [-0.3, -0.25) is 9.69 Å². The Labute approximate surface area is 106 Å². The molecule has 0 atom stereocenters. The number of carbonyl (C=O) groups is 1. The van der Waals surface area contributed by atoms with Crippen LogP contribution >= 0.6 is 15.9 Å². The fourth-order valence-corrected chi connectivity index (χ4v) is 2.04. The predicted octanol–water partition coefficient (Wildman–Crippen LogP) is 3.25. The van der Waals surface area contributed by atoms with Gasteiger partial charge in [0.25, 0.3) is 0 Å². The Bertz CT molecular complexity index is 352. The number of benzene rings is 1. The fourth-order valence-electron chi connectivity index (χ4n) is 1.63. The zero-order chi connectivity index (χ0) is 12.0. The molecular formula is C13H18BrNO. The average Bonchev–Trinajstić information content (AvgIpc) is 2.21. The van der Waals surface area contributed by atoms with Crippen LogP contribution in [0.15, 0.2) is 28.7 Å². The van der Waals surface area contributed by atoms with Gasteiger partial charge in [-0.25, -0.2) is 0 Å². The molecule has 0 spiro atoms. The lowest BCUT2D eigenvalue weighted by Crippen LogP contribution is -2.25. The van der Waals surface area contributed by atoms with Crippen molar-refractivity contribution in [1.82, 2.24) is 4.90 Å². The lowest BCUT2D eigenvalue weighted by molar-refractivity contribution is -0.120. The van der Waals surface area contributed by atoms with E-state index in [1.807, 2.05) is 32.2 Å². The van der Waals surface area contributed by atoms with Gasteiger partial charge in [0, 0.05) is 17.4 Å². The van der Waals surface area contributed by atoms with Gasteiger partial charge in [0.15, 0.2) is 0 Å². The molecule has 0 aliphatic heterocycles. The van der Waals surface area contributed by atoms with E-state index in [2.05, 4.69) is 26.9 Å². The van der Waals surface area contributed by atoms with Crippen molar-refractivity contribution in [1.29, 1.82) is 0 Å². The van der Waals surface area contributed by atoms with E-state index in [4.69, 9.17) is 0 Å². The lowest BCUT2D eigenvalue weighted by Gasteiger charge is -2.16. The Kier molecular flexibility index (Phi) is 5.71. The van der Waals surface area contributed by atoms with Crippen LogP contribution in [0.5, 0.6) is 0 Å². The van der Waals surface area contributed by atoms with E-state index in [-0.39, 0.29) is 0 Å². The first-order valence-electron chi connectivity index (χ1n) is 5.57. The Morgan fingerprint density at radius 1 is 1.38 bits per heavy atom. The first kappa shape index (κ1) is 13.4. The summed E-state index contributed by atoms with van der Waals surface area (Å²) in [6.45, 7) is 3.37. The molecule has 3 heteroatoms. The molecular weight excluding hydrogens is 266 g/mol. The van der Waals surface area contributed by atoms with Gasteiger partial charge in [-0.1, -0.05) is 41.1 Å². The molecule has 0 radical (unpaired) electrons. The third-order valence-electron chi connectivity index (χ3n) is 2.37. The molecule has 0 bridgehead atoms. The minimum absolute atomic E-state index is 0.317. The second-order valence-electron chi connectivity index (χ2n) is 4.05. The van der Waals surface area contributed by atoms with Crippen LogP contribution in [0, 0.1) is 0 Å². The van der Waals surface area contributed by atoms with E-state index in [0.29, 0.717) is 18.7 Å². The van der Waals surface area contributed by atoms with Gasteiger partial charge in [-0.05, 0) is 25.1 Å². The Morgan fingerprint density at radius 2 is 2.06 bits per heavy atom. The first-order chi connectivity index (χ1) is 7.63. The highest BCUT2D eigenvalue weighted by Gasteiger charge is 2.07. The molecule has 2 nitrogen and oxygen atoms in total. The van der Waals surface area contributed by atoms with Gasteiger partial charge in [0.1, 0.15) is 5.78 Å². The first-order valence-corrected chi connectivity index (χ1v) is 6.36. The molecule has 1 rings (SSSR count). The number of halogens is 1. The number of nitrogens with zero attached hydrogens (tertiary/aromatic N) is 1. The van der Waals surface area contributed by atoms with Crippen molar-refractivity contribution >= 4 is 21.7 Å². The summed E-state index contributed by atoms with van der Waals surface area (Å²) in [7, 11) is 1.98. The second kappa shape index (κ2) is 6.81. The number of Topliss-reactive ketones (excluding diaryl/α,β-unsaturated/α-hetero) is 1. The van der Waals surface area contributed by atoms with Crippen molar-refractivity contribution in [3.05, 3.63) is 34.3 Å². The zero-order valence-electron chi connectivity index (χ0n) is 9.87. The smallest absolute Gasteiger partial charge is 0.146 e. The van der Waals surface area contributed by atoms with Gasteiger partial charge < -0.3 is 0 Å². The summed E-state index contributed by atoms with van der Waals surface area (Å²) in [4.78, 5) is 13.5. The van der Waals surface area contributed by atoms with E-state index < -0.39 is 0 Å². The van der Waals surface area contributed by atoms with Crippen LogP contribution in [0.25, 0.3) is 0 Å². The third kappa shape index (κ3) is 4.45. The number of ketones is 1. The molecule has 0 saturated carbocycles. The normalized spacial score (nSPS) is 10.8. The maximum atomic E-state index is 11.5. The summed E-state index contributed by atoms with van der Waals surface area (Å²) in [5.41, 5.74) is 1.22. The molecule has 1 aromatic rings. The van der Waals surface area contributed by atoms with E-state index in [1.165, 1.54) is 5.56 Å². The van der Waals surface area contributed by atoms with Gasteiger partial charge in [-0.2, -0.15) is 0 Å². The van der Waals surface area contributed by atoms with Crippen LogP contribution in [-0.4, -0.2) is 24.3 Å². The number of likely N-dealkylation sites (N-methyl/N-ethyl adjacent to an activating group) is 1. The van der Waals surface area contributed by atoms with Crippen LogP contribution in [-0.2, 0) is 11.3 Å². The number of carbonyl (C=O) groups excluding carboxylic acids is 1. The molecule has 88 valence electrons. The molecule has 0 saturated heterocycles. The molecule has 0 N–H and O–H groups in total. The summed E-state index contributed by atoms with van der Waals surface area (Å²) < 4.78 is 1.10. The largest absolute Gasteiger partial charge is 0.298 e. The number of hydrogen-bond acceptors (Lipinski definition) is 2. The van der Waals surface area contributed by atoms with E-state index >= 15 is 0 Å². The SMILES string of the molecule is CCCC(=O)CN(C)Cc1ccccc1Br. The molecule has 0 aliphatic carbocycles. The standard InChI is InChI=1S/C13H18BrNO/c1-3-6-12(16)10-15(2)9-11-7-4-5-8-13(11)14/h4-5,7-8H,3,6,9-10H2,1-2H3. The molecule has 0 unspecified atom stereocenters. The summed E-state index contributed by atoms with van der Waals surface area (Å²) in [6, 6.07) is 8.11. The van der Waals surface area contributed by atoms with Crippen molar-refractivity contribution < 1.29 is 4.79 Å². The highest BCUT2D eigenvalue weighted by Crippen LogP contribution is 2.17. The summed E-state index contributed by atoms with van der Waals surface area (Å²) >= 11 is 3.51. The predicted molar refractivity (Wildman–Crippen MR) is 70.4 cm³/mol. The Hall–Kier alpha value is -0.670. The third-order valence-corrected chi connectivity index (χ3v) is 3.15. The summed E-state index contributed by atoms with van der Waals surface area (Å²) in [5.74, 6) is 0.317. The van der Waals surface area contributed by atoms with Gasteiger partial charge in [0.05, 0.1) is 6.54 Å². The molecule has 16 heavy (non-hydrogen) atoms. The topological polar surface area (TPSA) is 20.3 Å². The van der Waals surface area contributed by atoms with E-state index in [1.54, 1.807) is 0 Å². The maximum Gasteiger partial charge on any atom is 0.146 e. The molecule has 0 heterocycles. The van der Waals surface area contributed by atoms with Crippen molar-refractivity contribution in [3.8, 4) is 0 Å². The van der Waals surface area contributed by atoms with Crippen LogP contribution in [0.4, 0.5) is 0 Å². The van der Waals surface area contributed by atoms with Crippen LogP contribution in [0.2, 0.25) is 0 Å². The van der Waals surface area contributed by atoms with Crippen molar-refractivity contribution in [2.24, 2.45) is 0 Å². The molecule has 0 amide bonds. The molecule has 0 aromatic heterocycles. The summed E-state index contributed by atoms with van der Waals surface area (Å²) in [6.07, 6.45) is 1.61. The fraction of sp³-hybridized carbons (Fsp3) is 0.462. The van der Waals surface area contributed by atoms with Gasteiger partial charge in [-0.15, -0.1) is 0 Å². The van der Waals surface area contributed by atoms with Gasteiger partial charge >= 0.3 is 0 Å². The maximum absolute atomic E-state index is 11.5.